The number of rotatable bonds is 5. The van der Waals surface area contributed by atoms with Crippen LogP contribution in [0.15, 0.2) is 18.2 Å². The van der Waals surface area contributed by atoms with Gasteiger partial charge in [0.1, 0.15) is 5.75 Å². The van der Waals surface area contributed by atoms with Gasteiger partial charge in [0.25, 0.3) is 0 Å². The van der Waals surface area contributed by atoms with E-state index in [1.807, 2.05) is 20.8 Å². The first-order valence-corrected chi connectivity index (χ1v) is 7.60. The van der Waals surface area contributed by atoms with Crippen LogP contribution in [-0.4, -0.2) is 16.2 Å². The molecule has 0 aliphatic rings. The Morgan fingerprint density at radius 3 is 1.58 bits per heavy atom. The van der Waals surface area contributed by atoms with Crippen molar-refractivity contribution in [2.75, 3.05) is 0 Å². The van der Waals surface area contributed by atoms with E-state index in [1.54, 1.807) is 45.9 Å². The molecular weight excluding hydrogens is 304 g/mol. The first kappa shape index (κ1) is 24.9. The summed E-state index contributed by atoms with van der Waals surface area (Å²) in [5, 5.41) is 20.4. The lowest BCUT2D eigenvalue weighted by atomic mass is 9.89. The van der Waals surface area contributed by atoms with Crippen LogP contribution in [0.25, 0.3) is 0 Å². The third-order valence-corrected chi connectivity index (χ3v) is 3.97. The zero-order chi connectivity index (χ0) is 17.3. The molecule has 2 N–H and O–H groups in total. The summed E-state index contributed by atoms with van der Waals surface area (Å²) in [4.78, 5) is 12.2. The van der Waals surface area contributed by atoms with E-state index in [0.29, 0.717) is 23.3 Å². The van der Waals surface area contributed by atoms with E-state index in [1.165, 1.54) is 0 Å². The summed E-state index contributed by atoms with van der Waals surface area (Å²) >= 11 is 0. The van der Waals surface area contributed by atoms with E-state index in [4.69, 9.17) is 4.74 Å². The maximum atomic E-state index is 12.2. The number of ether oxygens (including phenoxy) is 1. The molecule has 0 radical (unpaired) electrons. The molecule has 0 heterocycles. The molecule has 0 spiro atoms. The second-order valence-electron chi connectivity index (χ2n) is 7.49. The standard InChI is InChI=1S/C18H28O4.2CH4/c1-8-16(2,3)15(19)22-14-10-12(17(4,5)20)9-13(11-14)18(6,7)21;;/h9-11,20-21H,8H2,1-7H3;2*1H4. The van der Waals surface area contributed by atoms with Crippen molar-refractivity contribution in [3.63, 3.8) is 0 Å². The van der Waals surface area contributed by atoms with Crippen molar-refractivity contribution < 1.29 is 19.7 Å². The van der Waals surface area contributed by atoms with E-state index in [2.05, 4.69) is 0 Å². The van der Waals surface area contributed by atoms with Gasteiger partial charge in [-0.15, -0.1) is 0 Å². The molecular formula is C20H36O4. The lowest BCUT2D eigenvalue weighted by Crippen LogP contribution is -2.28. The molecule has 1 aromatic rings. The molecule has 0 aliphatic heterocycles. The number of aliphatic hydroxyl groups is 2. The topological polar surface area (TPSA) is 66.8 Å². The van der Waals surface area contributed by atoms with Gasteiger partial charge >= 0.3 is 5.97 Å². The van der Waals surface area contributed by atoms with Crippen LogP contribution in [-0.2, 0) is 16.0 Å². The van der Waals surface area contributed by atoms with Gasteiger partial charge in [0.2, 0.25) is 0 Å². The molecule has 24 heavy (non-hydrogen) atoms. The smallest absolute Gasteiger partial charge is 0.316 e. The Bertz CT molecular complexity index is 513. The highest BCUT2D eigenvalue weighted by Gasteiger charge is 2.29. The van der Waals surface area contributed by atoms with Crippen LogP contribution < -0.4 is 4.74 Å². The number of benzene rings is 1. The molecule has 0 atom stereocenters. The van der Waals surface area contributed by atoms with Gasteiger partial charge in [-0.3, -0.25) is 4.79 Å². The molecule has 0 amide bonds. The highest BCUT2D eigenvalue weighted by molar-refractivity contribution is 5.78. The minimum atomic E-state index is -1.09. The van der Waals surface area contributed by atoms with Crippen LogP contribution in [0.3, 0.4) is 0 Å². The van der Waals surface area contributed by atoms with Gasteiger partial charge < -0.3 is 14.9 Å². The van der Waals surface area contributed by atoms with Gasteiger partial charge in [-0.2, -0.15) is 0 Å². The zero-order valence-corrected chi connectivity index (χ0v) is 14.7. The van der Waals surface area contributed by atoms with Gasteiger partial charge in [0.05, 0.1) is 16.6 Å². The molecule has 4 nitrogen and oxygen atoms in total. The Hall–Kier alpha value is -1.39. The summed E-state index contributed by atoms with van der Waals surface area (Å²) < 4.78 is 5.48. The van der Waals surface area contributed by atoms with Crippen LogP contribution in [0.2, 0.25) is 0 Å². The van der Waals surface area contributed by atoms with E-state index < -0.39 is 16.6 Å². The summed E-state index contributed by atoms with van der Waals surface area (Å²) in [6.07, 6.45) is 0.662. The Morgan fingerprint density at radius 2 is 1.29 bits per heavy atom. The summed E-state index contributed by atoms with van der Waals surface area (Å²) in [5.74, 6) is 0.00728. The van der Waals surface area contributed by atoms with Crippen molar-refractivity contribution in [3.8, 4) is 5.75 Å². The van der Waals surface area contributed by atoms with Gasteiger partial charge in [0, 0.05) is 0 Å². The fraction of sp³-hybridized carbons (Fsp3) is 0.650. The summed E-state index contributed by atoms with van der Waals surface area (Å²) in [7, 11) is 0. The average Bonchev–Trinajstić information content (AvgIpc) is 2.36. The minimum Gasteiger partial charge on any atom is -0.426 e. The van der Waals surface area contributed by atoms with Gasteiger partial charge in [0.15, 0.2) is 0 Å². The molecule has 1 rings (SSSR count). The molecule has 0 saturated heterocycles. The molecule has 0 unspecified atom stereocenters. The highest BCUT2D eigenvalue weighted by Crippen LogP contribution is 2.32. The van der Waals surface area contributed by atoms with Gasteiger partial charge in [-0.25, -0.2) is 0 Å². The number of carbonyl (C=O) groups is 1. The van der Waals surface area contributed by atoms with Gasteiger partial charge in [-0.05, 0) is 77.3 Å². The SMILES string of the molecule is C.C.CCC(C)(C)C(=O)Oc1cc(C(C)(C)O)cc(C(C)(C)O)c1. The summed E-state index contributed by atoms with van der Waals surface area (Å²) in [5.41, 5.74) is -1.60. The van der Waals surface area contributed by atoms with E-state index in [-0.39, 0.29) is 20.8 Å². The minimum absolute atomic E-state index is 0. The summed E-state index contributed by atoms with van der Waals surface area (Å²) in [6, 6.07) is 5.00. The predicted molar refractivity (Wildman–Crippen MR) is 100 cm³/mol. The second kappa shape index (κ2) is 8.13. The van der Waals surface area contributed by atoms with Crippen molar-refractivity contribution in [2.45, 2.75) is 80.9 Å². The van der Waals surface area contributed by atoms with Crippen LogP contribution in [0.1, 0.15) is 80.9 Å². The van der Waals surface area contributed by atoms with E-state index in [0.717, 1.165) is 0 Å². The van der Waals surface area contributed by atoms with Crippen molar-refractivity contribution in [1.29, 1.82) is 0 Å². The largest absolute Gasteiger partial charge is 0.426 e. The number of esters is 1. The molecule has 0 saturated carbocycles. The number of hydrogen-bond acceptors (Lipinski definition) is 4. The van der Waals surface area contributed by atoms with Crippen LogP contribution in [0.5, 0.6) is 5.75 Å². The quantitative estimate of drug-likeness (QED) is 0.599. The van der Waals surface area contributed by atoms with Crippen molar-refractivity contribution >= 4 is 5.97 Å². The Morgan fingerprint density at radius 1 is 0.917 bits per heavy atom. The van der Waals surface area contributed by atoms with Crippen LogP contribution in [0.4, 0.5) is 0 Å². The fourth-order valence-electron chi connectivity index (χ4n) is 1.75. The molecule has 1 aromatic carbocycles. The Kier molecular flexibility index (Phi) is 8.42. The molecule has 140 valence electrons. The van der Waals surface area contributed by atoms with Gasteiger partial charge in [-0.1, -0.05) is 21.8 Å². The molecule has 0 bridgehead atoms. The summed E-state index contributed by atoms with van der Waals surface area (Å²) in [6.45, 7) is 12.2. The monoisotopic (exact) mass is 340 g/mol. The number of hydrogen-bond donors (Lipinski definition) is 2. The second-order valence-corrected chi connectivity index (χ2v) is 7.49. The molecule has 0 aliphatic carbocycles. The highest BCUT2D eigenvalue weighted by atomic mass is 16.5. The average molecular weight is 341 g/mol. The first-order chi connectivity index (χ1) is 9.77. The first-order valence-electron chi connectivity index (χ1n) is 7.60. The molecule has 0 fully saturated rings. The zero-order valence-electron chi connectivity index (χ0n) is 14.7. The Balaban J connectivity index is 0. The lowest BCUT2D eigenvalue weighted by Gasteiger charge is -2.25. The lowest BCUT2D eigenvalue weighted by molar-refractivity contribution is -0.144. The maximum absolute atomic E-state index is 12.2. The predicted octanol–water partition coefficient (Wildman–Crippen LogP) is 4.76. The normalized spacial score (nSPS) is 12.0. The van der Waals surface area contributed by atoms with Crippen molar-refractivity contribution in [1.82, 2.24) is 0 Å². The third-order valence-electron chi connectivity index (χ3n) is 3.97. The van der Waals surface area contributed by atoms with E-state index in [9.17, 15) is 15.0 Å². The molecule has 0 aromatic heterocycles. The maximum Gasteiger partial charge on any atom is 0.316 e. The van der Waals surface area contributed by atoms with Crippen LogP contribution >= 0.6 is 0 Å². The van der Waals surface area contributed by atoms with Crippen LogP contribution in [0, 0.1) is 5.41 Å². The van der Waals surface area contributed by atoms with Crippen molar-refractivity contribution in [3.05, 3.63) is 29.3 Å². The molecule has 4 heteroatoms. The fourth-order valence-corrected chi connectivity index (χ4v) is 1.75. The Labute approximate surface area is 147 Å². The number of carbonyl (C=O) groups excluding carboxylic acids is 1. The van der Waals surface area contributed by atoms with E-state index >= 15 is 0 Å². The third kappa shape index (κ3) is 6.25. The van der Waals surface area contributed by atoms with Crippen molar-refractivity contribution in [2.24, 2.45) is 5.41 Å².